The first-order valence-electron chi connectivity index (χ1n) is 9.19. The molecule has 1 aliphatic heterocycles. The standard InChI is InChI=1S/C20H22ClFN2O4S/c1-3-28-20(25)18-13-23(29(26,27)19-7-5-4-6-16(19)21)10-11-24(18)17-9-8-15(22)12-14(17)2/h4-9,12,18H,3,10-11,13H2,1-2H3. The molecule has 1 unspecified atom stereocenters. The lowest BCUT2D eigenvalue weighted by Crippen LogP contribution is -2.58. The minimum absolute atomic E-state index is 0.00399. The number of piperazine rings is 1. The van der Waals surface area contributed by atoms with Crippen LogP contribution in [0.2, 0.25) is 5.02 Å². The number of hydrogen-bond acceptors (Lipinski definition) is 5. The van der Waals surface area contributed by atoms with Gasteiger partial charge in [0.25, 0.3) is 0 Å². The number of hydrogen-bond donors (Lipinski definition) is 0. The van der Waals surface area contributed by atoms with Gasteiger partial charge in [0.1, 0.15) is 16.8 Å². The molecule has 2 aromatic rings. The molecule has 9 heteroatoms. The number of carbonyl (C=O) groups is 1. The molecule has 0 spiro atoms. The highest BCUT2D eigenvalue weighted by atomic mass is 35.5. The predicted octanol–water partition coefficient (Wildman–Crippen LogP) is 3.23. The van der Waals surface area contributed by atoms with Gasteiger partial charge in [-0.1, -0.05) is 23.7 Å². The van der Waals surface area contributed by atoms with E-state index in [4.69, 9.17) is 16.3 Å². The molecule has 1 aliphatic rings. The Morgan fingerprint density at radius 3 is 2.62 bits per heavy atom. The number of sulfonamides is 1. The van der Waals surface area contributed by atoms with Crippen LogP contribution in [-0.4, -0.2) is 51.0 Å². The second-order valence-electron chi connectivity index (χ2n) is 6.69. The molecule has 6 nitrogen and oxygen atoms in total. The zero-order chi connectivity index (χ0) is 21.2. The van der Waals surface area contributed by atoms with Crippen molar-refractivity contribution in [2.75, 3.05) is 31.1 Å². The summed E-state index contributed by atoms with van der Waals surface area (Å²) in [5.41, 5.74) is 1.32. The summed E-state index contributed by atoms with van der Waals surface area (Å²) in [6.45, 7) is 3.91. The van der Waals surface area contributed by atoms with Gasteiger partial charge in [-0.15, -0.1) is 0 Å². The number of carbonyl (C=O) groups excluding carboxylic acids is 1. The Bertz CT molecular complexity index is 1020. The van der Waals surface area contributed by atoms with E-state index in [0.29, 0.717) is 11.3 Å². The average molecular weight is 441 g/mol. The van der Waals surface area contributed by atoms with E-state index in [9.17, 15) is 17.6 Å². The summed E-state index contributed by atoms with van der Waals surface area (Å²) < 4.78 is 46.2. The van der Waals surface area contributed by atoms with Crippen LogP contribution in [0.1, 0.15) is 12.5 Å². The summed E-state index contributed by atoms with van der Waals surface area (Å²) in [7, 11) is -3.89. The van der Waals surface area contributed by atoms with E-state index in [1.807, 2.05) is 0 Å². The van der Waals surface area contributed by atoms with Crippen molar-refractivity contribution in [3.63, 3.8) is 0 Å². The third-order valence-corrected chi connectivity index (χ3v) is 7.19. The average Bonchev–Trinajstić information content (AvgIpc) is 2.68. The lowest BCUT2D eigenvalue weighted by atomic mass is 10.1. The van der Waals surface area contributed by atoms with Crippen LogP contribution in [-0.2, 0) is 19.6 Å². The normalized spacial score (nSPS) is 17.9. The van der Waals surface area contributed by atoms with Gasteiger partial charge in [0.2, 0.25) is 10.0 Å². The van der Waals surface area contributed by atoms with Crippen LogP contribution >= 0.6 is 11.6 Å². The maximum absolute atomic E-state index is 13.5. The van der Waals surface area contributed by atoms with E-state index >= 15 is 0 Å². The first-order chi connectivity index (χ1) is 13.8. The highest BCUT2D eigenvalue weighted by Gasteiger charge is 2.39. The number of anilines is 1. The molecule has 0 saturated carbocycles. The molecular weight excluding hydrogens is 419 g/mol. The molecule has 1 heterocycles. The van der Waals surface area contributed by atoms with Gasteiger partial charge < -0.3 is 9.64 Å². The maximum Gasteiger partial charge on any atom is 0.330 e. The molecule has 0 amide bonds. The van der Waals surface area contributed by atoms with Crippen LogP contribution < -0.4 is 4.90 Å². The minimum atomic E-state index is -3.89. The smallest absolute Gasteiger partial charge is 0.330 e. The summed E-state index contributed by atoms with van der Waals surface area (Å²) >= 11 is 6.09. The SMILES string of the molecule is CCOC(=O)C1CN(S(=O)(=O)c2ccccc2Cl)CCN1c1ccc(F)cc1C. The number of rotatable bonds is 5. The first kappa shape index (κ1) is 21.5. The molecule has 0 aromatic heterocycles. The van der Waals surface area contributed by atoms with Crippen molar-refractivity contribution >= 4 is 33.3 Å². The topological polar surface area (TPSA) is 66.9 Å². The zero-order valence-corrected chi connectivity index (χ0v) is 17.7. The fourth-order valence-electron chi connectivity index (χ4n) is 3.44. The van der Waals surface area contributed by atoms with E-state index in [1.165, 1.54) is 28.6 Å². The molecule has 0 aliphatic carbocycles. The Hall–Kier alpha value is -2.16. The van der Waals surface area contributed by atoms with Crippen LogP contribution in [0, 0.1) is 12.7 Å². The Balaban J connectivity index is 1.95. The highest BCUT2D eigenvalue weighted by molar-refractivity contribution is 7.89. The van der Waals surface area contributed by atoms with E-state index < -0.39 is 22.0 Å². The largest absolute Gasteiger partial charge is 0.464 e. The van der Waals surface area contributed by atoms with E-state index in [1.54, 1.807) is 36.9 Å². The molecule has 1 atom stereocenters. The van der Waals surface area contributed by atoms with Gasteiger partial charge in [-0.05, 0) is 49.7 Å². The fourth-order valence-corrected chi connectivity index (χ4v) is 5.37. The van der Waals surface area contributed by atoms with Gasteiger partial charge >= 0.3 is 5.97 Å². The van der Waals surface area contributed by atoms with Crippen LogP contribution in [0.25, 0.3) is 0 Å². The van der Waals surface area contributed by atoms with Gasteiger partial charge in [0.05, 0.1) is 11.6 Å². The number of aryl methyl sites for hydroxylation is 1. The van der Waals surface area contributed by atoms with Crippen molar-refractivity contribution in [2.24, 2.45) is 0 Å². The third kappa shape index (κ3) is 4.39. The van der Waals surface area contributed by atoms with Gasteiger partial charge in [0.15, 0.2) is 0 Å². The number of ether oxygens (including phenoxy) is 1. The second kappa shape index (κ2) is 8.69. The third-order valence-electron chi connectivity index (χ3n) is 4.82. The van der Waals surface area contributed by atoms with Gasteiger partial charge in [-0.2, -0.15) is 4.31 Å². The first-order valence-corrected chi connectivity index (χ1v) is 11.0. The van der Waals surface area contributed by atoms with Gasteiger partial charge in [-0.3, -0.25) is 0 Å². The minimum Gasteiger partial charge on any atom is -0.464 e. The van der Waals surface area contributed by atoms with E-state index in [-0.39, 0.29) is 42.0 Å². The molecular formula is C20H22ClFN2O4S. The van der Waals surface area contributed by atoms with E-state index in [2.05, 4.69) is 0 Å². The van der Waals surface area contributed by atoms with Crippen molar-refractivity contribution in [1.82, 2.24) is 4.31 Å². The van der Waals surface area contributed by atoms with Crippen LogP contribution in [0.4, 0.5) is 10.1 Å². The number of esters is 1. The predicted molar refractivity (Wildman–Crippen MR) is 109 cm³/mol. The van der Waals surface area contributed by atoms with Crippen molar-refractivity contribution in [3.8, 4) is 0 Å². The lowest BCUT2D eigenvalue weighted by molar-refractivity contribution is -0.145. The molecule has 1 saturated heterocycles. The monoisotopic (exact) mass is 440 g/mol. The van der Waals surface area contributed by atoms with E-state index in [0.717, 1.165) is 0 Å². The second-order valence-corrected chi connectivity index (χ2v) is 9.00. The summed E-state index contributed by atoms with van der Waals surface area (Å²) in [6.07, 6.45) is 0. The fraction of sp³-hybridized carbons (Fsp3) is 0.350. The zero-order valence-electron chi connectivity index (χ0n) is 16.1. The Labute approximate surface area is 174 Å². The molecule has 29 heavy (non-hydrogen) atoms. The number of nitrogens with zero attached hydrogens (tertiary/aromatic N) is 2. The highest BCUT2D eigenvalue weighted by Crippen LogP contribution is 2.30. The summed E-state index contributed by atoms with van der Waals surface area (Å²) in [5, 5.41) is 0.122. The summed E-state index contributed by atoms with van der Waals surface area (Å²) in [6, 6.07) is 9.63. The van der Waals surface area contributed by atoms with Crippen LogP contribution in [0.5, 0.6) is 0 Å². The Morgan fingerprint density at radius 2 is 1.97 bits per heavy atom. The van der Waals surface area contributed by atoms with Gasteiger partial charge in [0, 0.05) is 25.3 Å². The van der Waals surface area contributed by atoms with Crippen molar-refractivity contribution in [3.05, 3.63) is 58.9 Å². The Kier molecular flexibility index (Phi) is 6.45. The van der Waals surface area contributed by atoms with Crippen molar-refractivity contribution in [2.45, 2.75) is 24.8 Å². The molecule has 2 aromatic carbocycles. The van der Waals surface area contributed by atoms with Crippen LogP contribution in [0.15, 0.2) is 47.4 Å². The van der Waals surface area contributed by atoms with Crippen molar-refractivity contribution in [1.29, 1.82) is 0 Å². The van der Waals surface area contributed by atoms with Crippen LogP contribution in [0.3, 0.4) is 0 Å². The molecule has 0 bridgehead atoms. The summed E-state index contributed by atoms with van der Waals surface area (Å²) in [5.74, 6) is -0.908. The number of halogens is 2. The maximum atomic E-state index is 13.5. The molecule has 0 N–H and O–H groups in total. The molecule has 156 valence electrons. The van der Waals surface area contributed by atoms with Gasteiger partial charge in [-0.25, -0.2) is 17.6 Å². The molecule has 0 radical (unpaired) electrons. The quantitative estimate of drug-likeness (QED) is 0.668. The van der Waals surface area contributed by atoms with Crippen molar-refractivity contribution < 1.29 is 22.3 Å². The number of benzene rings is 2. The molecule has 1 fully saturated rings. The Morgan fingerprint density at radius 1 is 1.24 bits per heavy atom. The molecule has 3 rings (SSSR count). The summed E-state index contributed by atoms with van der Waals surface area (Å²) in [4.78, 5) is 14.4. The lowest BCUT2D eigenvalue weighted by Gasteiger charge is -2.41.